The van der Waals surface area contributed by atoms with E-state index in [4.69, 9.17) is 15.0 Å². The second-order valence-corrected chi connectivity index (χ2v) is 28.3. The van der Waals surface area contributed by atoms with E-state index in [1.165, 1.54) is 41.5 Å². The molecule has 0 aliphatic carbocycles. The topological polar surface area (TPSA) is 43.6 Å². The predicted octanol–water partition coefficient (Wildman–Crippen LogP) is 12.4. The molecule has 2 heterocycles. The van der Waals surface area contributed by atoms with Crippen LogP contribution in [0.3, 0.4) is 0 Å². The van der Waals surface area contributed by atoms with Gasteiger partial charge in [-0.2, -0.15) is 9.97 Å². The molecule has 0 aliphatic rings. The third kappa shape index (κ3) is 8.75. The Balaban J connectivity index is 1.06. The predicted molar refractivity (Wildman–Crippen MR) is 343 cm³/mol. The molecule has 0 saturated heterocycles. The van der Waals surface area contributed by atoms with Gasteiger partial charge in [0.25, 0.3) is 0 Å². The molecule has 0 radical (unpaired) electrons. The second kappa shape index (κ2) is 21.3. The van der Waals surface area contributed by atoms with Gasteiger partial charge in [-0.25, -0.2) is 4.98 Å². The fourth-order valence-electron chi connectivity index (χ4n) is 12.5. The highest BCUT2D eigenvalue weighted by Gasteiger charge is 2.43. The first-order chi connectivity index (χ1) is 40.2. The zero-order chi connectivity index (χ0) is 54.0. The quantitative estimate of drug-likeness (QED) is 0.0854. The minimum atomic E-state index is -2.96. The molecular formula is C75H54N4Si2. The van der Waals surface area contributed by atoms with Crippen LogP contribution in [0.5, 0.6) is 0 Å². The lowest BCUT2D eigenvalue weighted by Crippen LogP contribution is -2.74. The van der Waals surface area contributed by atoms with Crippen LogP contribution in [0.15, 0.2) is 328 Å². The Bertz CT molecular complexity index is 4010. The summed E-state index contributed by atoms with van der Waals surface area (Å²) >= 11 is 0. The summed E-state index contributed by atoms with van der Waals surface area (Å²) in [5, 5.41) is 12.5. The van der Waals surface area contributed by atoms with Crippen molar-refractivity contribution in [2.45, 2.75) is 0 Å². The molecule has 6 heteroatoms. The van der Waals surface area contributed by atoms with Crippen LogP contribution in [-0.4, -0.2) is 35.7 Å². The number of hydrogen-bond acceptors (Lipinski definition) is 3. The minimum Gasteiger partial charge on any atom is -0.278 e. The van der Waals surface area contributed by atoms with E-state index in [1.54, 1.807) is 0 Å². The number of hydrogen-bond donors (Lipinski definition) is 0. The van der Waals surface area contributed by atoms with Gasteiger partial charge in [-0.05, 0) is 75.9 Å². The van der Waals surface area contributed by atoms with Gasteiger partial charge in [0.1, 0.15) is 0 Å². The van der Waals surface area contributed by atoms with Crippen LogP contribution >= 0.6 is 0 Å². The summed E-state index contributed by atoms with van der Waals surface area (Å²) in [6.07, 6.45) is 0. The third-order valence-corrected chi connectivity index (χ3v) is 25.7. The average Bonchev–Trinajstić information content (AvgIpc) is 4.15. The van der Waals surface area contributed by atoms with E-state index in [-0.39, 0.29) is 0 Å². The van der Waals surface area contributed by atoms with Crippen molar-refractivity contribution < 1.29 is 0 Å². The minimum absolute atomic E-state index is 0.539. The van der Waals surface area contributed by atoms with Gasteiger partial charge >= 0.3 is 0 Å². The molecule has 0 aliphatic heterocycles. The molecule has 0 spiro atoms. The summed E-state index contributed by atoms with van der Waals surface area (Å²) in [5.41, 5.74) is 8.33. The van der Waals surface area contributed by atoms with Gasteiger partial charge in [-0.15, -0.1) is 0 Å². The molecule has 12 aromatic carbocycles. The van der Waals surface area contributed by atoms with Crippen LogP contribution in [-0.2, 0) is 0 Å². The Morgan fingerprint density at radius 3 is 0.790 bits per heavy atom. The summed E-state index contributed by atoms with van der Waals surface area (Å²) in [7, 11) is -5.91. The van der Waals surface area contributed by atoms with Crippen molar-refractivity contribution in [3.8, 4) is 51.0 Å². The molecule has 0 saturated carbocycles. The molecule has 4 nitrogen and oxygen atoms in total. The molecule has 0 fully saturated rings. The first-order valence-corrected chi connectivity index (χ1v) is 31.7. The van der Waals surface area contributed by atoms with Gasteiger partial charge in [0.05, 0.1) is 11.0 Å². The van der Waals surface area contributed by atoms with Gasteiger partial charge in [0.2, 0.25) is 5.95 Å². The first kappa shape index (κ1) is 49.2. The number of fused-ring (bicyclic) bond motifs is 3. The number of rotatable bonds is 13. The van der Waals surface area contributed by atoms with Gasteiger partial charge in [0, 0.05) is 21.9 Å². The largest absolute Gasteiger partial charge is 0.278 e. The highest BCUT2D eigenvalue weighted by Crippen LogP contribution is 2.37. The summed E-state index contributed by atoms with van der Waals surface area (Å²) in [5.74, 6) is 1.72. The van der Waals surface area contributed by atoms with Crippen molar-refractivity contribution in [3.63, 3.8) is 0 Å². The Morgan fingerprint density at radius 1 is 0.210 bits per heavy atom. The van der Waals surface area contributed by atoms with Gasteiger partial charge in [-0.3, -0.25) is 4.57 Å². The van der Waals surface area contributed by atoms with E-state index >= 15 is 0 Å². The van der Waals surface area contributed by atoms with Crippen molar-refractivity contribution in [2.75, 3.05) is 0 Å². The SMILES string of the molecule is c1ccc(-c2ccc3c4ccc(-c5ccccc5)cc4n(-c4nc(-c5cccc([Si](c6ccccc6)(c6ccccc6)c6ccccc6)c5)nc(-c5cccc([Si](c6ccccc6)(c6ccccc6)c6ccccc6)c5)n4)c3c2)cc1. The molecule has 2 aromatic heterocycles. The monoisotopic (exact) mass is 1070 g/mol. The molecule has 0 atom stereocenters. The van der Waals surface area contributed by atoms with E-state index < -0.39 is 16.1 Å². The van der Waals surface area contributed by atoms with E-state index in [9.17, 15) is 0 Å². The summed E-state index contributed by atoms with van der Waals surface area (Å²) < 4.78 is 2.28. The molecular weight excluding hydrogens is 1010 g/mol. The van der Waals surface area contributed by atoms with Crippen molar-refractivity contribution >= 4 is 79.4 Å². The first-order valence-electron chi connectivity index (χ1n) is 27.7. The summed E-state index contributed by atoms with van der Waals surface area (Å²) in [6.45, 7) is 0. The molecule has 14 rings (SSSR count). The number of nitrogens with zero attached hydrogens (tertiary/aromatic N) is 4. The van der Waals surface area contributed by atoms with Crippen LogP contribution in [0.4, 0.5) is 0 Å². The molecule has 382 valence electrons. The maximum atomic E-state index is 5.70. The summed E-state index contributed by atoms with van der Waals surface area (Å²) in [6, 6.07) is 119. The second-order valence-electron chi connectivity index (χ2n) is 20.7. The van der Waals surface area contributed by atoms with E-state index in [0.717, 1.165) is 55.2 Å². The molecule has 0 bridgehead atoms. The van der Waals surface area contributed by atoms with Crippen molar-refractivity contribution in [3.05, 3.63) is 328 Å². The molecule has 14 aromatic rings. The lowest BCUT2D eigenvalue weighted by molar-refractivity contribution is 0.954. The normalized spacial score (nSPS) is 11.7. The van der Waals surface area contributed by atoms with Crippen molar-refractivity contribution in [1.29, 1.82) is 0 Å². The van der Waals surface area contributed by atoms with Crippen molar-refractivity contribution in [1.82, 2.24) is 19.5 Å². The highest BCUT2D eigenvalue weighted by atomic mass is 28.3. The molecule has 0 N–H and O–H groups in total. The van der Waals surface area contributed by atoms with E-state index in [1.807, 2.05) is 0 Å². The maximum absolute atomic E-state index is 5.70. The van der Waals surface area contributed by atoms with E-state index in [0.29, 0.717) is 17.6 Å². The van der Waals surface area contributed by atoms with Gasteiger partial charge < -0.3 is 0 Å². The maximum Gasteiger partial charge on any atom is 0.238 e. The Hall–Kier alpha value is -10.1. The third-order valence-electron chi connectivity index (χ3n) is 16.2. The Kier molecular flexibility index (Phi) is 12.9. The molecule has 81 heavy (non-hydrogen) atoms. The fourth-order valence-corrected chi connectivity index (χ4v) is 22.1. The number of aromatic nitrogens is 4. The average molecular weight is 1070 g/mol. The number of benzene rings is 12. The van der Waals surface area contributed by atoms with E-state index in [2.05, 4.69) is 332 Å². The molecule has 0 amide bonds. The standard InChI is InChI=1S/C75H54N4Si2/c1-9-27-55(28-10-1)57-47-49-69-70-50-48-58(56-29-11-2-12-30-56)54-72(70)79(71(69)53-57)75-77-73(59-31-25-45-67(51-59)80(61-33-13-3-14-34-61,62-35-15-4-16-36-62)63-37-17-5-18-38-63)76-74(78-75)60-32-26-46-68(52-60)81(64-39-19-6-20-40-64,65-41-21-7-22-42-65)66-43-23-8-24-44-66/h1-54H. The van der Waals surface area contributed by atoms with Crippen molar-refractivity contribution in [2.24, 2.45) is 0 Å². The smallest absolute Gasteiger partial charge is 0.238 e. The lowest BCUT2D eigenvalue weighted by Gasteiger charge is -2.34. The molecule has 0 unspecified atom stereocenters. The lowest BCUT2D eigenvalue weighted by atomic mass is 10.0. The fraction of sp³-hybridized carbons (Fsp3) is 0. The van der Waals surface area contributed by atoms with Crippen LogP contribution in [0, 0.1) is 0 Å². The highest BCUT2D eigenvalue weighted by molar-refractivity contribution is 7.20. The zero-order valence-electron chi connectivity index (χ0n) is 44.5. The Labute approximate surface area is 474 Å². The Morgan fingerprint density at radius 2 is 0.481 bits per heavy atom. The van der Waals surface area contributed by atoms with Crippen LogP contribution in [0.1, 0.15) is 0 Å². The zero-order valence-corrected chi connectivity index (χ0v) is 46.5. The van der Waals surface area contributed by atoms with Gasteiger partial charge in [0.15, 0.2) is 27.8 Å². The summed E-state index contributed by atoms with van der Waals surface area (Å²) in [4.78, 5) is 17.0. The van der Waals surface area contributed by atoms with Gasteiger partial charge in [-0.1, -0.05) is 315 Å². The van der Waals surface area contributed by atoms with Crippen LogP contribution in [0.2, 0.25) is 0 Å². The van der Waals surface area contributed by atoms with Crippen LogP contribution in [0.25, 0.3) is 72.8 Å². The van der Waals surface area contributed by atoms with Crippen LogP contribution < -0.4 is 41.5 Å².